The summed E-state index contributed by atoms with van der Waals surface area (Å²) < 4.78 is 9.51. The van der Waals surface area contributed by atoms with Crippen molar-refractivity contribution >= 4 is 11.9 Å². The molecule has 0 saturated heterocycles. The van der Waals surface area contributed by atoms with E-state index in [1.54, 1.807) is 7.11 Å². The second kappa shape index (κ2) is 9.11. The van der Waals surface area contributed by atoms with Gasteiger partial charge in [-0.2, -0.15) is 0 Å². The third-order valence-electron chi connectivity index (χ3n) is 2.05. The minimum absolute atomic E-state index is 0.00502. The number of carboxylic acids is 1. The van der Waals surface area contributed by atoms with E-state index < -0.39 is 12.1 Å². The van der Waals surface area contributed by atoms with E-state index in [2.05, 4.69) is 10.1 Å². The van der Waals surface area contributed by atoms with Gasteiger partial charge < -0.3 is 19.9 Å². The highest BCUT2D eigenvalue weighted by Gasteiger charge is 2.16. The quantitative estimate of drug-likeness (QED) is 0.548. The van der Waals surface area contributed by atoms with Gasteiger partial charge in [-0.3, -0.25) is 4.79 Å². The average molecular weight is 233 g/mol. The molecule has 0 aliphatic heterocycles. The number of amides is 1. The maximum Gasteiger partial charge on any atom is 0.334 e. The van der Waals surface area contributed by atoms with E-state index >= 15 is 0 Å². The fourth-order valence-corrected chi connectivity index (χ4v) is 1.10. The van der Waals surface area contributed by atoms with Crippen molar-refractivity contribution in [1.29, 1.82) is 0 Å². The molecular weight excluding hydrogens is 214 g/mol. The molecule has 0 aromatic carbocycles. The van der Waals surface area contributed by atoms with E-state index in [1.807, 2.05) is 0 Å². The van der Waals surface area contributed by atoms with Gasteiger partial charge in [-0.25, -0.2) is 4.79 Å². The Kier molecular flexibility index (Phi) is 8.46. The van der Waals surface area contributed by atoms with Crippen LogP contribution < -0.4 is 5.32 Å². The zero-order valence-electron chi connectivity index (χ0n) is 9.69. The Morgan fingerprint density at radius 2 is 2.00 bits per heavy atom. The lowest BCUT2D eigenvalue weighted by molar-refractivity contribution is -0.148. The van der Waals surface area contributed by atoms with Gasteiger partial charge in [-0.05, 0) is 12.8 Å². The van der Waals surface area contributed by atoms with Crippen molar-refractivity contribution in [3.05, 3.63) is 0 Å². The predicted octanol–water partition coefficient (Wildman–Crippen LogP) is 0.0189. The number of hydrogen-bond acceptors (Lipinski definition) is 4. The molecular formula is C10H19NO5. The number of carbonyl (C=O) groups is 2. The molecule has 0 fully saturated rings. The fourth-order valence-electron chi connectivity index (χ4n) is 1.10. The van der Waals surface area contributed by atoms with Gasteiger partial charge in [-0.1, -0.05) is 0 Å². The lowest BCUT2D eigenvalue weighted by Crippen LogP contribution is -2.37. The smallest absolute Gasteiger partial charge is 0.334 e. The number of hydrogen-bond donors (Lipinski definition) is 2. The molecule has 0 spiro atoms. The summed E-state index contributed by atoms with van der Waals surface area (Å²) in [5.41, 5.74) is 0. The van der Waals surface area contributed by atoms with Crippen molar-refractivity contribution in [2.45, 2.75) is 25.4 Å². The molecule has 0 saturated carbocycles. The van der Waals surface area contributed by atoms with Crippen LogP contribution in [0.15, 0.2) is 0 Å². The van der Waals surface area contributed by atoms with Crippen molar-refractivity contribution in [2.75, 3.05) is 27.4 Å². The molecule has 16 heavy (non-hydrogen) atoms. The van der Waals surface area contributed by atoms with E-state index in [4.69, 9.17) is 9.84 Å². The number of carbonyl (C=O) groups excluding carboxylic acids is 1. The van der Waals surface area contributed by atoms with E-state index in [1.165, 1.54) is 7.11 Å². The van der Waals surface area contributed by atoms with Crippen molar-refractivity contribution in [2.24, 2.45) is 0 Å². The summed E-state index contributed by atoms with van der Waals surface area (Å²) in [7, 11) is 2.90. The van der Waals surface area contributed by atoms with Crippen LogP contribution >= 0.6 is 0 Å². The van der Waals surface area contributed by atoms with Crippen molar-refractivity contribution < 1.29 is 24.2 Å². The fraction of sp³-hybridized carbons (Fsp3) is 0.800. The molecule has 0 aromatic heterocycles. The van der Waals surface area contributed by atoms with Crippen LogP contribution in [0.4, 0.5) is 0 Å². The third kappa shape index (κ3) is 7.19. The maximum atomic E-state index is 11.2. The number of methoxy groups -OCH3 is 2. The van der Waals surface area contributed by atoms with Gasteiger partial charge in [0.2, 0.25) is 5.91 Å². The van der Waals surface area contributed by atoms with Gasteiger partial charge in [0, 0.05) is 27.2 Å². The molecule has 0 aromatic rings. The first-order valence-electron chi connectivity index (χ1n) is 5.13. The summed E-state index contributed by atoms with van der Waals surface area (Å²) in [6.45, 7) is 0.623. The van der Waals surface area contributed by atoms with Gasteiger partial charge in [0.1, 0.15) is 0 Å². The molecule has 0 aliphatic carbocycles. The molecule has 2 N–H and O–H groups in total. The zero-order chi connectivity index (χ0) is 12.4. The molecule has 1 amide bonds. The molecule has 0 radical (unpaired) electrons. The van der Waals surface area contributed by atoms with Crippen LogP contribution in [0.5, 0.6) is 0 Å². The second-order valence-electron chi connectivity index (χ2n) is 3.32. The van der Waals surface area contributed by atoms with Crippen molar-refractivity contribution in [1.82, 2.24) is 5.32 Å². The lowest BCUT2D eigenvalue weighted by Gasteiger charge is -2.11. The second-order valence-corrected chi connectivity index (χ2v) is 3.32. The van der Waals surface area contributed by atoms with Crippen LogP contribution in [-0.4, -0.2) is 50.5 Å². The van der Waals surface area contributed by atoms with Gasteiger partial charge in [-0.15, -0.1) is 0 Å². The Morgan fingerprint density at radius 3 is 2.50 bits per heavy atom. The lowest BCUT2D eigenvalue weighted by atomic mass is 10.2. The number of rotatable bonds is 9. The molecule has 0 heterocycles. The van der Waals surface area contributed by atoms with Crippen LogP contribution in [-0.2, 0) is 19.1 Å². The van der Waals surface area contributed by atoms with Gasteiger partial charge >= 0.3 is 5.97 Å². The predicted molar refractivity (Wildman–Crippen MR) is 57.2 cm³/mol. The minimum atomic E-state index is -1.08. The molecule has 1 unspecified atom stereocenters. The van der Waals surface area contributed by atoms with Crippen LogP contribution in [0.1, 0.15) is 19.3 Å². The number of nitrogens with one attached hydrogen (secondary N) is 1. The first-order valence-corrected chi connectivity index (χ1v) is 5.13. The highest BCUT2D eigenvalue weighted by Crippen LogP contribution is 1.96. The standard InChI is InChI=1S/C10H19NO5/c1-15-6-4-3-5-9(12)11-7-8(16-2)10(13)14/h8H,3-7H2,1-2H3,(H,11,12)(H,13,14). The number of unbranched alkanes of at least 4 members (excludes halogenated alkanes) is 1. The van der Waals surface area contributed by atoms with E-state index in [0.29, 0.717) is 13.0 Å². The van der Waals surface area contributed by atoms with Crippen LogP contribution in [0, 0.1) is 0 Å². The molecule has 1 atom stereocenters. The summed E-state index contributed by atoms with van der Waals surface area (Å²) in [5.74, 6) is -1.25. The van der Waals surface area contributed by atoms with Crippen molar-refractivity contribution in [3.8, 4) is 0 Å². The topological polar surface area (TPSA) is 84.9 Å². The van der Waals surface area contributed by atoms with Crippen LogP contribution in [0.25, 0.3) is 0 Å². The van der Waals surface area contributed by atoms with Crippen molar-refractivity contribution in [3.63, 3.8) is 0 Å². The Balaban J connectivity index is 3.59. The molecule has 0 rings (SSSR count). The summed E-state index contributed by atoms with van der Waals surface area (Å²) in [6, 6.07) is 0. The Hall–Kier alpha value is -1.14. The maximum absolute atomic E-state index is 11.2. The van der Waals surface area contributed by atoms with E-state index in [9.17, 15) is 9.59 Å². The zero-order valence-corrected chi connectivity index (χ0v) is 9.69. The largest absolute Gasteiger partial charge is 0.479 e. The molecule has 0 bridgehead atoms. The molecule has 94 valence electrons. The van der Waals surface area contributed by atoms with Gasteiger partial charge in [0.15, 0.2) is 6.10 Å². The highest BCUT2D eigenvalue weighted by molar-refractivity contribution is 5.78. The Labute approximate surface area is 94.9 Å². The van der Waals surface area contributed by atoms with E-state index in [-0.39, 0.29) is 12.5 Å². The first-order chi connectivity index (χ1) is 7.61. The van der Waals surface area contributed by atoms with Crippen LogP contribution in [0.3, 0.4) is 0 Å². The summed E-state index contributed by atoms with van der Waals surface area (Å²) in [6.07, 6.45) is 0.934. The minimum Gasteiger partial charge on any atom is -0.479 e. The normalized spacial score (nSPS) is 12.1. The van der Waals surface area contributed by atoms with Gasteiger partial charge in [0.05, 0.1) is 6.54 Å². The molecule has 6 nitrogen and oxygen atoms in total. The highest BCUT2D eigenvalue weighted by atomic mass is 16.5. The van der Waals surface area contributed by atoms with Gasteiger partial charge in [0.25, 0.3) is 0 Å². The molecule has 0 aliphatic rings. The number of aliphatic carboxylic acids is 1. The van der Waals surface area contributed by atoms with Crippen LogP contribution in [0.2, 0.25) is 0 Å². The third-order valence-corrected chi connectivity index (χ3v) is 2.05. The number of carboxylic acid groups (broad SMARTS) is 1. The number of ether oxygens (including phenoxy) is 2. The summed E-state index contributed by atoms with van der Waals surface area (Å²) in [4.78, 5) is 21.8. The summed E-state index contributed by atoms with van der Waals surface area (Å²) in [5, 5.41) is 11.1. The average Bonchev–Trinajstić information content (AvgIpc) is 2.25. The summed E-state index contributed by atoms with van der Waals surface area (Å²) >= 11 is 0. The Morgan fingerprint density at radius 1 is 1.31 bits per heavy atom. The Bertz CT molecular complexity index is 219. The first kappa shape index (κ1) is 14.9. The van der Waals surface area contributed by atoms with E-state index in [0.717, 1.165) is 12.8 Å². The molecule has 6 heteroatoms. The SMILES string of the molecule is COCCCCC(=O)NCC(OC)C(=O)O. The monoisotopic (exact) mass is 233 g/mol.